The maximum absolute atomic E-state index is 6.18. The molecule has 0 unspecified atom stereocenters. The highest BCUT2D eigenvalue weighted by Gasteiger charge is 2.21. The molecule has 0 amide bonds. The van der Waals surface area contributed by atoms with Gasteiger partial charge in [0.15, 0.2) is 0 Å². The molecule has 1 aromatic carbocycles. The molecule has 1 aromatic rings. The molecule has 2 N–H and O–H groups in total. The minimum absolute atomic E-state index is 0.696. The average Bonchev–Trinajstić information content (AvgIpc) is 3.26. The molecule has 4 heteroatoms. The molecule has 0 aromatic heterocycles. The van der Waals surface area contributed by atoms with Crippen LogP contribution in [0.4, 0.5) is 11.4 Å². The van der Waals surface area contributed by atoms with Gasteiger partial charge in [-0.3, -0.25) is 0 Å². The number of anilines is 2. The molecule has 4 nitrogen and oxygen atoms in total. The van der Waals surface area contributed by atoms with E-state index in [4.69, 9.17) is 15.2 Å². The maximum atomic E-state index is 6.18. The molecular formula is C16H26N2O2. The van der Waals surface area contributed by atoms with Crippen LogP contribution in [0.1, 0.15) is 26.2 Å². The van der Waals surface area contributed by atoms with Crippen molar-refractivity contribution in [3.05, 3.63) is 18.2 Å². The van der Waals surface area contributed by atoms with Gasteiger partial charge >= 0.3 is 0 Å². The van der Waals surface area contributed by atoms with E-state index in [0.717, 1.165) is 43.5 Å². The predicted octanol–water partition coefficient (Wildman–Crippen LogP) is 2.92. The molecular weight excluding hydrogens is 252 g/mol. The zero-order chi connectivity index (χ0) is 14.4. The van der Waals surface area contributed by atoms with Crippen LogP contribution >= 0.6 is 0 Å². The molecule has 2 rings (SSSR count). The summed E-state index contributed by atoms with van der Waals surface area (Å²) in [5, 5.41) is 0. The first kappa shape index (κ1) is 15.0. The van der Waals surface area contributed by atoms with Gasteiger partial charge in [0.2, 0.25) is 0 Å². The van der Waals surface area contributed by atoms with Gasteiger partial charge < -0.3 is 20.1 Å². The normalized spacial score (nSPS) is 14.3. The Bertz CT molecular complexity index is 419. The second-order valence-electron chi connectivity index (χ2n) is 5.48. The molecule has 0 spiro atoms. The fourth-order valence-corrected chi connectivity index (χ4v) is 2.06. The zero-order valence-corrected chi connectivity index (χ0v) is 12.6. The Morgan fingerprint density at radius 1 is 1.30 bits per heavy atom. The molecule has 1 aliphatic carbocycles. The van der Waals surface area contributed by atoms with E-state index in [0.29, 0.717) is 12.3 Å². The first-order valence-corrected chi connectivity index (χ1v) is 7.52. The van der Waals surface area contributed by atoms with E-state index >= 15 is 0 Å². The molecule has 0 heterocycles. The molecule has 0 aliphatic heterocycles. The van der Waals surface area contributed by atoms with Crippen LogP contribution in [0.5, 0.6) is 5.75 Å². The van der Waals surface area contributed by atoms with Gasteiger partial charge in [0.25, 0.3) is 0 Å². The third kappa shape index (κ3) is 4.30. The van der Waals surface area contributed by atoms with Crippen molar-refractivity contribution < 1.29 is 9.47 Å². The summed E-state index contributed by atoms with van der Waals surface area (Å²) in [4.78, 5) is 2.13. The molecule has 1 fully saturated rings. The van der Waals surface area contributed by atoms with E-state index in [1.165, 1.54) is 12.8 Å². The lowest BCUT2D eigenvalue weighted by Gasteiger charge is -2.22. The second-order valence-corrected chi connectivity index (χ2v) is 5.48. The summed E-state index contributed by atoms with van der Waals surface area (Å²) in [5.41, 5.74) is 7.90. The zero-order valence-electron chi connectivity index (χ0n) is 12.6. The van der Waals surface area contributed by atoms with E-state index in [9.17, 15) is 0 Å². The fraction of sp³-hybridized carbons (Fsp3) is 0.625. The number of benzene rings is 1. The van der Waals surface area contributed by atoms with Crippen molar-refractivity contribution in [2.24, 2.45) is 5.92 Å². The van der Waals surface area contributed by atoms with E-state index in [1.807, 2.05) is 25.2 Å². The highest BCUT2D eigenvalue weighted by Crippen LogP contribution is 2.32. The van der Waals surface area contributed by atoms with E-state index in [1.54, 1.807) is 0 Å². The van der Waals surface area contributed by atoms with Gasteiger partial charge in [0.1, 0.15) is 5.75 Å². The van der Waals surface area contributed by atoms with Crippen LogP contribution in [0.3, 0.4) is 0 Å². The SMILES string of the molecule is CCCOc1cccc(N(C)CCOCC2CC2)c1N. The molecule has 0 saturated heterocycles. The number of hydrogen-bond acceptors (Lipinski definition) is 4. The number of ether oxygens (including phenoxy) is 2. The lowest BCUT2D eigenvalue weighted by molar-refractivity contribution is 0.131. The standard InChI is InChI=1S/C16H26N2O2/c1-3-10-20-15-6-4-5-14(16(15)17)18(2)9-11-19-12-13-7-8-13/h4-6,13H,3,7-12,17H2,1-2H3. The quantitative estimate of drug-likeness (QED) is 0.557. The van der Waals surface area contributed by atoms with Crippen molar-refractivity contribution in [3.8, 4) is 5.75 Å². The summed E-state index contributed by atoms with van der Waals surface area (Å²) >= 11 is 0. The summed E-state index contributed by atoms with van der Waals surface area (Å²) in [6.45, 7) is 5.27. The average molecular weight is 278 g/mol. The van der Waals surface area contributed by atoms with Gasteiger partial charge in [0, 0.05) is 20.2 Å². The van der Waals surface area contributed by atoms with Crippen molar-refractivity contribution in [2.45, 2.75) is 26.2 Å². The summed E-state index contributed by atoms with van der Waals surface area (Å²) in [5.74, 6) is 1.59. The highest BCUT2D eigenvalue weighted by molar-refractivity contribution is 5.73. The van der Waals surface area contributed by atoms with Crippen LogP contribution in [-0.4, -0.2) is 33.4 Å². The van der Waals surface area contributed by atoms with Gasteiger partial charge in [-0.15, -0.1) is 0 Å². The van der Waals surface area contributed by atoms with Gasteiger partial charge in [-0.25, -0.2) is 0 Å². The molecule has 0 atom stereocenters. The van der Waals surface area contributed by atoms with Gasteiger partial charge in [0.05, 0.1) is 24.6 Å². The summed E-state index contributed by atoms with van der Waals surface area (Å²) in [7, 11) is 2.04. The third-order valence-corrected chi connectivity index (χ3v) is 3.54. The smallest absolute Gasteiger partial charge is 0.144 e. The Balaban J connectivity index is 1.85. The number of nitrogens with zero attached hydrogens (tertiary/aromatic N) is 1. The van der Waals surface area contributed by atoms with Crippen LogP contribution in [0, 0.1) is 5.92 Å². The van der Waals surface area contributed by atoms with Crippen molar-refractivity contribution >= 4 is 11.4 Å². The van der Waals surface area contributed by atoms with Crippen molar-refractivity contribution in [1.29, 1.82) is 0 Å². The van der Waals surface area contributed by atoms with Gasteiger partial charge in [-0.05, 0) is 37.3 Å². The van der Waals surface area contributed by atoms with Crippen LogP contribution < -0.4 is 15.4 Å². The predicted molar refractivity (Wildman–Crippen MR) is 83.5 cm³/mol. The highest BCUT2D eigenvalue weighted by atomic mass is 16.5. The first-order chi connectivity index (χ1) is 9.72. The lowest BCUT2D eigenvalue weighted by atomic mass is 10.2. The Hall–Kier alpha value is -1.42. The van der Waals surface area contributed by atoms with Gasteiger partial charge in [-0.1, -0.05) is 13.0 Å². The Morgan fingerprint density at radius 2 is 2.10 bits per heavy atom. The number of nitrogen functional groups attached to an aromatic ring is 1. The molecule has 0 bridgehead atoms. The maximum Gasteiger partial charge on any atom is 0.144 e. The molecule has 1 aliphatic rings. The molecule has 112 valence electrons. The number of hydrogen-bond donors (Lipinski definition) is 1. The Morgan fingerprint density at radius 3 is 2.80 bits per heavy atom. The van der Waals surface area contributed by atoms with Crippen molar-refractivity contribution in [2.75, 3.05) is 44.0 Å². The lowest BCUT2D eigenvalue weighted by Crippen LogP contribution is -2.24. The summed E-state index contributed by atoms with van der Waals surface area (Å²) in [6, 6.07) is 5.93. The van der Waals surface area contributed by atoms with Crippen molar-refractivity contribution in [3.63, 3.8) is 0 Å². The monoisotopic (exact) mass is 278 g/mol. The molecule has 1 saturated carbocycles. The first-order valence-electron chi connectivity index (χ1n) is 7.52. The van der Waals surface area contributed by atoms with Gasteiger partial charge in [-0.2, -0.15) is 0 Å². The van der Waals surface area contributed by atoms with E-state index in [-0.39, 0.29) is 0 Å². The fourth-order valence-electron chi connectivity index (χ4n) is 2.06. The minimum Gasteiger partial charge on any atom is -0.491 e. The molecule has 20 heavy (non-hydrogen) atoms. The Kier molecular flexibility index (Phi) is 5.53. The summed E-state index contributed by atoms with van der Waals surface area (Å²) in [6.07, 6.45) is 3.65. The third-order valence-electron chi connectivity index (χ3n) is 3.54. The minimum atomic E-state index is 0.696. The number of nitrogens with two attached hydrogens (primary N) is 1. The van der Waals surface area contributed by atoms with Crippen LogP contribution in [0.15, 0.2) is 18.2 Å². The topological polar surface area (TPSA) is 47.7 Å². The Labute approximate surface area is 121 Å². The van der Waals surface area contributed by atoms with Crippen LogP contribution in [0.2, 0.25) is 0 Å². The van der Waals surface area contributed by atoms with Crippen molar-refractivity contribution in [1.82, 2.24) is 0 Å². The largest absolute Gasteiger partial charge is 0.491 e. The van der Waals surface area contributed by atoms with Crippen LogP contribution in [0.25, 0.3) is 0 Å². The van der Waals surface area contributed by atoms with Crippen LogP contribution in [-0.2, 0) is 4.74 Å². The number of rotatable bonds is 9. The molecule has 0 radical (unpaired) electrons. The number of para-hydroxylation sites is 1. The summed E-state index contributed by atoms with van der Waals surface area (Å²) < 4.78 is 11.3. The second kappa shape index (κ2) is 7.39. The van der Waals surface area contributed by atoms with E-state index in [2.05, 4.69) is 11.8 Å². The van der Waals surface area contributed by atoms with E-state index < -0.39 is 0 Å². The number of likely N-dealkylation sites (N-methyl/N-ethyl adjacent to an activating group) is 1.